The highest BCUT2D eigenvalue weighted by atomic mass is 16.5. The van der Waals surface area contributed by atoms with Gasteiger partial charge in [-0.25, -0.2) is 0 Å². The van der Waals surface area contributed by atoms with Crippen molar-refractivity contribution in [2.45, 2.75) is 31.5 Å². The first-order chi connectivity index (χ1) is 7.75. The number of carbonyl (C=O) groups excluding carboxylic acids is 1. The van der Waals surface area contributed by atoms with Crippen molar-refractivity contribution in [3.05, 3.63) is 0 Å². The highest BCUT2D eigenvalue weighted by molar-refractivity contribution is 5.76. The molecule has 2 N–H and O–H groups in total. The van der Waals surface area contributed by atoms with Gasteiger partial charge in [0, 0.05) is 26.2 Å². The number of hydrogen-bond donors (Lipinski definition) is 2. The molecule has 16 heavy (non-hydrogen) atoms. The molecule has 1 amide bonds. The smallest absolute Gasteiger partial charge is 0.225 e. The number of nitrogens with zero attached hydrogens (tertiary/aromatic N) is 1. The lowest BCUT2D eigenvalue weighted by atomic mass is 10.1. The fourth-order valence-electron chi connectivity index (χ4n) is 2.26. The number of rotatable bonds is 2. The second-order valence-corrected chi connectivity index (χ2v) is 4.54. The summed E-state index contributed by atoms with van der Waals surface area (Å²) in [5, 5.41) is 12.7. The molecule has 5 heteroatoms. The third-order valence-corrected chi connectivity index (χ3v) is 3.16. The molecule has 2 heterocycles. The second-order valence-electron chi connectivity index (χ2n) is 4.54. The number of hydrogen-bond acceptors (Lipinski definition) is 4. The number of piperidine rings is 1. The van der Waals surface area contributed by atoms with Crippen molar-refractivity contribution in [1.82, 2.24) is 10.2 Å². The average Bonchev–Trinajstić information content (AvgIpc) is 2.30. The van der Waals surface area contributed by atoms with Crippen molar-refractivity contribution in [2.24, 2.45) is 0 Å². The van der Waals surface area contributed by atoms with Gasteiger partial charge in [0.05, 0.1) is 25.2 Å². The van der Waals surface area contributed by atoms with Gasteiger partial charge in [0.1, 0.15) is 0 Å². The SMILES string of the molecule is O=C(CC1CNCCO1)N1CCC[C@H](O)C1. The minimum Gasteiger partial charge on any atom is -0.391 e. The number of carbonyl (C=O) groups is 1. The molecule has 1 unspecified atom stereocenters. The summed E-state index contributed by atoms with van der Waals surface area (Å²) in [6, 6.07) is 0. The molecule has 0 bridgehead atoms. The Morgan fingerprint density at radius 3 is 3.12 bits per heavy atom. The van der Waals surface area contributed by atoms with E-state index in [9.17, 15) is 9.90 Å². The van der Waals surface area contributed by atoms with Crippen LogP contribution < -0.4 is 5.32 Å². The Morgan fingerprint density at radius 1 is 1.56 bits per heavy atom. The van der Waals surface area contributed by atoms with E-state index in [2.05, 4.69) is 5.32 Å². The van der Waals surface area contributed by atoms with Gasteiger partial charge in [-0.15, -0.1) is 0 Å². The van der Waals surface area contributed by atoms with Gasteiger partial charge < -0.3 is 20.1 Å². The van der Waals surface area contributed by atoms with Crippen LogP contribution in [0.2, 0.25) is 0 Å². The Balaban J connectivity index is 1.77. The molecule has 2 rings (SSSR count). The highest BCUT2D eigenvalue weighted by Crippen LogP contribution is 2.12. The van der Waals surface area contributed by atoms with Gasteiger partial charge in [0.25, 0.3) is 0 Å². The van der Waals surface area contributed by atoms with Crippen LogP contribution in [0.1, 0.15) is 19.3 Å². The van der Waals surface area contributed by atoms with Crippen LogP contribution in [-0.4, -0.2) is 60.9 Å². The van der Waals surface area contributed by atoms with Crippen molar-refractivity contribution >= 4 is 5.91 Å². The summed E-state index contributed by atoms with van der Waals surface area (Å²) in [4.78, 5) is 13.7. The summed E-state index contributed by atoms with van der Waals surface area (Å²) < 4.78 is 5.49. The maximum Gasteiger partial charge on any atom is 0.225 e. The van der Waals surface area contributed by atoms with Gasteiger partial charge >= 0.3 is 0 Å². The molecule has 0 saturated carbocycles. The number of β-amino-alcohol motifs (C(OH)–C–C–N with tert-alkyl or cyclic N) is 1. The molecular weight excluding hydrogens is 208 g/mol. The van der Waals surface area contributed by atoms with Crippen LogP contribution >= 0.6 is 0 Å². The number of likely N-dealkylation sites (tertiary alicyclic amines) is 1. The third kappa shape index (κ3) is 3.17. The maximum absolute atomic E-state index is 11.9. The normalized spacial score (nSPS) is 31.4. The zero-order valence-corrected chi connectivity index (χ0v) is 9.52. The number of amides is 1. The molecule has 0 aliphatic carbocycles. The molecule has 0 aromatic rings. The Kier molecular flexibility index (Phi) is 4.15. The Bertz CT molecular complexity index is 241. The van der Waals surface area contributed by atoms with Gasteiger partial charge in [-0.1, -0.05) is 0 Å². The van der Waals surface area contributed by atoms with Crippen molar-refractivity contribution in [3.8, 4) is 0 Å². The fourth-order valence-corrected chi connectivity index (χ4v) is 2.26. The quantitative estimate of drug-likeness (QED) is 0.659. The van der Waals surface area contributed by atoms with Crippen molar-refractivity contribution in [3.63, 3.8) is 0 Å². The maximum atomic E-state index is 11.9. The zero-order chi connectivity index (χ0) is 11.4. The van der Waals surface area contributed by atoms with Crippen LogP contribution in [0.15, 0.2) is 0 Å². The lowest BCUT2D eigenvalue weighted by Gasteiger charge is -2.32. The van der Waals surface area contributed by atoms with E-state index >= 15 is 0 Å². The first kappa shape index (κ1) is 11.8. The van der Waals surface area contributed by atoms with Crippen molar-refractivity contribution < 1.29 is 14.6 Å². The first-order valence-corrected chi connectivity index (χ1v) is 6.04. The third-order valence-electron chi connectivity index (χ3n) is 3.16. The van der Waals surface area contributed by atoms with Crippen LogP contribution in [0.25, 0.3) is 0 Å². The van der Waals surface area contributed by atoms with E-state index in [1.165, 1.54) is 0 Å². The minimum absolute atomic E-state index is 0.000296. The summed E-state index contributed by atoms with van der Waals surface area (Å²) >= 11 is 0. The molecule has 0 aromatic heterocycles. The van der Waals surface area contributed by atoms with E-state index in [0.717, 1.165) is 32.5 Å². The molecule has 2 saturated heterocycles. The predicted molar refractivity (Wildman–Crippen MR) is 59.0 cm³/mol. The van der Waals surface area contributed by atoms with Crippen molar-refractivity contribution in [1.29, 1.82) is 0 Å². The lowest BCUT2D eigenvalue weighted by Crippen LogP contribution is -2.46. The molecule has 2 atom stereocenters. The summed E-state index contributed by atoms with van der Waals surface area (Å²) in [5.41, 5.74) is 0. The molecule has 5 nitrogen and oxygen atoms in total. The predicted octanol–water partition coefficient (Wildman–Crippen LogP) is -0.652. The number of morpholine rings is 1. The molecule has 0 spiro atoms. The Morgan fingerprint density at radius 2 is 2.44 bits per heavy atom. The topological polar surface area (TPSA) is 61.8 Å². The van der Waals surface area contributed by atoms with E-state index in [4.69, 9.17) is 4.74 Å². The van der Waals surface area contributed by atoms with Gasteiger partial charge in [0.15, 0.2) is 0 Å². The first-order valence-electron chi connectivity index (χ1n) is 6.04. The van der Waals surface area contributed by atoms with E-state index in [1.54, 1.807) is 4.90 Å². The largest absolute Gasteiger partial charge is 0.391 e. The summed E-state index contributed by atoms with van der Waals surface area (Å²) in [6.07, 6.45) is 1.80. The summed E-state index contributed by atoms with van der Waals surface area (Å²) in [5.74, 6) is 0.104. The Labute approximate surface area is 95.8 Å². The molecule has 92 valence electrons. The van der Waals surface area contributed by atoms with Crippen LogP contribution in [0.4, 0.5) is 0 Å². The molecule has 2 fully saturated rings. The lowest BCUT2D eigenvalue weighted by molar-refractivity contribution is -0.137. The number of aliphatic hydroxyl groups is 1. The highest BCUT2D eigenvalue weighted by Gasteiger charge is 2.25. The molecule has 0 aromatic carbocycles. The fraction of sp³-hybridized carbons (Fsp3) is 0.909. The van der Waals surface area contributed by atoms with Crippen LogP contribution in [-0.2, 0) is 9.53 Å². The van der Waals surface area contributed by atoms with Crippen LogP contribution in [0, 0.1) is 0 Å². The van der Waals surface area contributed by atoms with Crippen LogP contribution in [0.3, 0.4) is 0 Å². The minimum atomic E-state index is -0.344. The van der Waals surface area contributed by atoms with Gasteiger partial charge in [-0.2, -0.15) is 0 Å². The van der Waals surface area contributed by atoms with Gasteiger partial charge in [-0.3, -0.25) is 4.79 Å². The van der Waals surface area contributed by atoms with E-state index in [0.29, 0.717) is 19.6 Å². The van der Waals surface area contributed by atoms with E-state index in [-0.39, 0.29) is 18.1 Å². The van der Waals surface area contributed by atoms with Crippen molar-refractivity contribution in [2.75, 3.05) is 32.8 Å². The number of nitrogens with one attached hydrogen (secondary N) is 1. The van der Waals surface area contributed by atoms with Gasteiger partial charge in [-0.05, 0) is 12.8 Å². The molecule has 2 aliphatic heterocycles. The van der Waals surface area contributed by atoms with Crippen LogP contribution in [0.5, 0.6) is 0 Å². The Hall–Kier alpha value is -0.650. The molecular formula is C11H20N2O3. The van der Waals surface area contributed by atoms with E-state index in [1.807, 2.05) is 0 Å². The molecule has 2 aliphatic rings. The molecule has 0 radical (unpaired) electrons. The number of aliphatic hydroxyl groups excluding tert-OH is 1. The van der Waals surface area contributed by atoms with Gasteiger partial charge in [0.2, 0.25) is 5.91 Å². The monoisotopic (exact) mass is 228 g/mol. The average molecular weight is 228 g/mol. The summed E-state index contributed by atoms with van der Waals surface area (Å²) in [6.45, 7) is 3.56. The van der Waals surface area contributed by atoms with E-state index < -0.39 is 0 Å². The number of ether oxygens (including phenoxy) is 1. The standard InChI is InChI=1S/C11H20N2O3/c14-9-2-1-4-13(8-9)11(15)6-10-7-12-3-5-16-10/h9-10,12,14H,1-8H2/t9-,10?/m0/s1. The zero-order valence-electron chi connectivity index (χ0n) is 9.52. The summed E-state index contributed by atoms with van der Waals surface area (Å²) in [7, 11) is 0. The second kappa shape index (κ2) is 5.61.